The maximum Gasteiger partial charge on any atom is 0.108 e. The summed E-state index contributed by atoms with van der Waals surface area (Å²) in [7, 11) is 0. The van der Waals surface area contributed by atoms with Crippen molar-refractivity contribution in [1.29, 1.82) is 0 Å². The quantitative estimate of drug-likeness (QED) is 0.364. The highest BCUT2D eigenvalue weighted by Gasteiger charge is 2.30. The minimum atomic E-state index is -4.16. The minimum absolute atomic E-state index is 1.22. The van der Waals surface area contributed by atoms with Crippen molar-refractivity contribution in [3.63, 3.8) is 0 Å². The van der Waals surface area contributed by atoms with Crippen LogP contribution in [0, 0.1) is 0 Å². The number of hydrogen-bond donors (Lipinski definition) is 1. The largest absolute Gasteiger partial charge is 0.391 e. The first kappa shape index (κ1) is 11.6. The van der Waals surface area contributed by atoms with Gasteiger partial charge in [0.15, 0.2) is 0 Å². The van der Waals surface area contributed by atoms with Gasteiger partial charge in [-0.3, -0.25) is 0 Å². The Morgan fingerprint density at radius 1 is 0.594 bits per heavy atom. The fourth-order valence-corrected chi connectivity index (χ4v) is 4.20. The summed E-state index contributed by atoms with van der Waals surface area (Å²) in [6, 6.07) is 43.5. The molecule has 0 atom stereocenters. The topological polar surface area (TPSA) is 20.2 Å². The molecule has 0 bridgehead atoms. The Bertz CT molecular complexity index is 1310. The summed E-state index contributed by atoms with van der Waals surface area (Å²) in [5.41, 5.74) is 5.36. The zero-order chi connectivity index (χ0) is 34.0. The van der Waals surface area contributed by atoms with E-state index in [-0.39, 0.29) is 0 Å². The highest BCUT2D eigenvalue weighted by molar-refractivity contribution is 7.19. The highest BCUT2D eigenvalue weighted by atomic mass is 16.3. The highest BCUT2D eigenvalue weighted by Crippen LogP contribution is 2.09. The molecule has 0 aliphatic heterocycles. The standard InChI is InChI=1S/C24H20B.C5H14NO/c1-5-13-21(14-6-1)25(22-15-7-2-8-16-22,23-17-9-3-10-18-23)24-19-11-4-12-20-24;1-6(2,3)4-5-7/h1-20H;7H,4-5H2,1-3H3/q-1;+1/i;1D3,2D3,3D3,4D2,5D2. The van der Waals surface area contributed by atoms with Gasteiger partial charge in [0.05, 0.1) is 45.3 Å². The zero-order valence-electron chi connectivity index (χ0n) is 30.5. The van der Waals surface area contributed by atoms with E-state index in [9.17, 15) is 0 Å². The Kier molecular flexibility index (Phi) is 3.98. The predicted octanol–water partition coefficient (Wildman–Crippen LogP) is 2.75. The first-order valence-corrected chi connectivity index (χ1v) is 10.2. The number of quaternary nitrogens is 1. The fourth-order valence-electron chi connectivity index (χ4n) is 4.20. The minimum Gasteiger partial charge on any atom is -0.391 e. The van der Waals surface area contributed by atoms with E-state index in [1.54, 1.807) is 0 Å². The molecule has 32 heavy (non-hydrogen) atoms. The van der Waals surface area contributed by atoms with E-state index < -0.39 is 44.6 Å². The summed E-state index contributed by atoms with van der Waals surface area (Å²) >= 11 is 0. The molecule has 2 nitrogen and oxygen atoms in total. The number of likely N-dealkylation sites (N-methyl/N-ethyl adjacent to an activating group) is 1. The molecule has 0 saturated carbocycles. The lowest BCUT2D eigenvalue weighted by atomic mass is 9.13. The van der Waals surface area contributed by atoms with Gasteiger partial charge in [-0.2, -0.15) is 21.9 Å². The van der Waals surface area contributed by atoms with Crippen LogP contribution in [0.2, 0.25) is 0 Å². The van der Waals surface area contributed by atoms with Crippen LogP contribution in [0.5, 0.6) is 0 Å². The molecule has 4 aromatic rings. The molecule has 3 heteroatoms. The fraction of sp³-hybridized carbons (Fsp3) is 0.172. The predicted molar refractivity (Wildman–Crippen MR) is 140 cm³/mol. The van der Waals surface area contributed by atoms with Crippen molar-refractivity contribution in [2.45, 2.75) is 0 Å². The Morgan fingerprint density at radius 3 is 1.06 bits per heavy atom. The van der Waals surface area contributed by atoms with E-state index >= 15 is 0 Å². The molecule has 0 aromatic heterocycles. The molecule has 0 aliphatic rings. The van der Waals surface area contributed by atoms with Crippen molar-refractivity contribution in [1.82, 2.24) is 0 Å². The molecule has 4 aromatic carbocycles. The molecule has 0 heterocycles. The van der Waals surface area contributed by atoms with E-state index in [2.05, 4.69) is 121 Å². The molecular weight excluding hydrogens is 389 g/mol. The average molecular weight is 436 g/mol. The molecule has 4 rings (SSSR count). The Balaban J connectivity index is 0.000000254. The number of aliphatic hydroxyl groups is 1. The third kappa shape index (κ3) is 5.56. The van der Waals surface area contributed by atoms with Gasteiger partial charge in [-0.25, -0.2) is 0 Å². The van der Waals surface area contributed by atoms with Gasteiger partial charge in [0.1, 0.15) is 12.6 Å². The second-order valence-corrected chi connectivity index (χ2v) is 7.40. The Morgan fingerprint density at radius 2 is 0.875 bits per heavy atom. The van der Waals surface area contributed by atoms with Crippen LogP contribution in [0.25, 0.3) is 0 Å². The van der Waals surface area contributed by atoms with Gasteiger partial charge in [0, 0.05) is 0 Å². The van der Waals surface area contributed by atoms with Crippen LogP contribution < -0.4 is 21.9 Å². The molecule has 0 spiro atoms. The third-order valence-corrected chi connectivity index (χ3v) is 5.42. The van der Waals surface area contributed by atoms with Gasteiger partial charge in [0.25, 0.3) is 0 Å². The summed E-state index contributed by atoms with van der Waals surface area (Å²) in [6.07, 6.45) is -1.22. The summed E-state index contributed by atoms with van der Waals surface area (Å²) in [5.74, 6) is 0. The van der Waals surface area contributed by atoms with Gasteiger partial charge in [0.2, 0.25) is 0 Å². The van der Waals surface area contributed by atoms with Crippen LogP contribution in [0.4, 0.5) is 0 Å². The SMILES string of the molecule is [2H]C([2H])(O)C([2H])([2H])[N+](C([2H])([2H])[2H])(C([2H])([2H])[2H])C([2H])([2H])[2H].c1ccc([B-](c2ccccc2)(c2ccccc2)c2ccccc2)cc1. The van der Waals surface area contributed by atoms with Crippen LogP contribution in [0.1, 0.15) is 17.8 Å². The summed E-state index contributed by atoms with van der Waals surface area (Å²) in [4.78, 5) is 0. The zero-order valence-corrected chi connectivity index (χ0v) is 17.5. The van der Waals surface area contributed by atoms with Crippen LogP contribution in [0.15, 0.2) is 121 Å². The Labute approximate surface area is 211 Å². The first-order valence-electron chi connectivity index (χ1n) is 16.7. The molecule has 0 amide bonds. The number of nitrogens with zero attached hydrogens (tertiary/aromatic N) is 1. The molecule has 0 fully saturated rings. The van der Waals surface area contributed by atoms with E-state index in [1.165, 1.54) is 21.9 Å². The second kappa shape index (κ2) is 10.9. The van der Waals surface area contributed by atoms with E-state index in [0.717, 1.165) is 0 Å². The normalized spacial score (nSPS) is 19.5. The van der Waals surface area contributed by atoms with Gasteiger partial charge < -0.3 is 9.59 Å². The van der Waals surface area contributed by atoms with Crippen molar-refractivity contribution < 1.29 is 27.4 Å². The van der Waals surface area contributed by atoms with Gasteiger partial charge in [-0.1, -0.05) is 121 Å². The van der Waals surface area contributed by atoms with Crippen molar-refractivity contribution in [3.05, 3.63) is 121 Å². The van der Waals surface area contributed by atoms with Gasteiger partial charge >= 0.3 is 0 Å². The maximum absolute atomic E-state index is 9.16. The van der Waals surface area contributed by atoms with E-state index in [1.807, 2.05) is 0 Å². The molecule has 0 aliphatic carbocycles. The lowest BCUT2D eigenvalue weighted by Crippen LogP contribution is -2.74. The maximum atomic E-state index is 9.16. The smallest absolute Gasteiger partial charge is 0.108 e. The second-order valence-electron chi connectivity index (χ2n) is 7.40. The van der Waals surface area contributed by atoms with Crippen molar-refractivity contribution in [2.75, 3.05) is 34.0 Å². The van der Waals surface area contributed by atoms with Crippen LogP contribution in [-0.2, 0) is 0 Å². The number of benzene rings is 4. The molecule has 0 saturated heterocycles. The number of rotatable bonds is 6. The van der Waals surface area contributed by atoms with Crippen LogP contribution >= 0.6 is 0 Å². The Hall–Kier alpha value is -3.14. The molecule has 1 N–H and O–H groups in total. The summed E-state index contributed by atoms with van der Waals surface area (Å²) in [5, 5.41) is 9.16. The molecule has 0 radical (unpaired) electrons. The number of hydrogen-bond acceptors (Lipinski definition) is 1. The van der Waals surface area contributed by atoms with Gasteiger partial charge in [-0.05, 0) is 0 Å². The van der Waals surface area contributed by atoms with Crippen molar-refractivity contribution in [2.24, 2.45) is 0 Å². The molecule has 164 valence electrons. The van der Waals surface area contributed by atoms with Gasteiger partial charge in [-0.15, -0.1) is 0 Å². The summed E-state index contributed by atoms with van der Waals surface area (Å²) in [6.45, 7) is -20.2. The van der Waals surface area contributed by atoms with Crippen molar-refractivity contribution >= 4 is 28.0 Å². The third-order valence-electron chi connectivity index (χ3n) is 5.42. The molecular formula is C29H34BNO. The first-order chi connectivity index (χ1) is 20.7. The van der Waals surface area contributed by atoms with E-state index in [0.29, 0.717) is 0 Å². The van der Waals surface area contributed by atoms with Crippen molar-refractivity contribution in [3.8, 4) is 0 Å². The monoisotopic (exact) mass is 436 g/mol. The average Bonchev–Trinajstić information content (AvgIpc) is 2.93. The lowest BCUT2D eigenvalue weighted by molar-refractivity contribution is -0.870. The summed E-state index contributed by atoms with van der Waals surface area (Å²) < 4.78 is 89.7. The molecule has 0 unspecified atom stereocenters. The van der Waals surface area contributed by atoms with Crippen LogP contribution in [0.3, 0.4) is 0 Å². The lowest BCUT2D eigenvalue weighted by Gasteiger charge is -2.44. The van der Waals surface area contributed by atoms with E-state index in [4.69, 9.17) is 22.9 Å². The van der Waals surface area contributed by atoms with Crippen LogP contribution in [-0.4, -0.2) is 49.7 Å².